The van der Waals surface area contributed by atoms with E-state index < -0.39 is 11.7 Å². The van der Waals surface area contributed by atoms with Crippen LogP contribution in [0, 0.1) is 0 Å². The molecule has 1 aromatic carbocycles. The molecule has 1 aromatic heterocycles. The lowest BCUT2D eigenvalue weighted by Crippen LogP contribution is -2.45. The van der Waals surface area contributed by atoms with Crippen molar-refractivity contribution in [1.29, 1.82) is 0 Å². The van der Waals surface area contributed by atoms with Crippen molar-refractivity contribution in [3.05, 3.63) is 40.1 Å². The fourth-order valence-electron chi connectivity index (χ4n) is 3.78. The van der Waals surface area contributed by atoms with E-state index in [0.717, 1.165) is 30.2 Å². The molecule has 0 spiro atoms. The molecule has 2 unspecified atom stereocenters. The van der Waals surface area contributed by atoms with Gasteiger partial charge in [0, 0.05) is 31.1 Å². The quantitative estimate of drug-likeness (QED) is 0.647. The SMILES string of the molecule is CCNC(=O)ON=c1nc(N2C(C)CCCC2C)c2ccccc2n(C)c1=O. The van der Waals surface area contributed by atoms with Crippen molar-refractivity contribution >= 4 is 22.8 Å². The fraction of sp³-hybridized carbons (Fsp3) is 0.500. The summed E-state index contributed by atoms with van der Waals surface area (Å²) in [6.45, 7) is 6.50. The molecule has 3 rings (SSSR count). The number of nitrogens with one attached hydrogen (secondary N) is 1. The van der Waals surface area contributed by atoms with Crippen molar-refractivity contribution in [3.8, 4) is 0 Å². The van der Waals surface area contributed by atoms with Gasteiger partial charge < -0.3 is 14.8 Å². The lowest BCUT2D eigenvalue weighted by molar-refractivity contribution is 0.145. The number of nitrogens with zero attached hydrogens (tertiary/aromatic N) is 4. The fourth-order valence-corrected chi connectivity index (χ4v) is 3.78. The summed E-state index contributed by atoms with van der Waals surface area (Å²) in [5, 5.41) is 7.11. The molecule has 0 saturated carbocycles. The Hall–Kier alpha value is -2.90. The van der Waals surface area contributed by atoms with Gasteiger partial charge in [-0.2, -0.15) is 0 Å². The Bertz CT molecular complexity index is 991. The van der Waals surface area contributed by atoms with Gasteiger partial charge in [-0.05, 0) is 57.3 Å². The smallest absolute Gasteiger partial charge is 0.351 e. The van der Waals surface area contributed by atoms with Gasteiger partial charge in [0.2, 0.25) is 0 Å². The summed E-state index contributed by atoms with van der Waals surface area (Å²) in [7, 11) is 1.67. The zero-order chi connectivity index (χ0) is 20.3. The molecule has 1 saturated heterocycles. The highest BCUT2D eigenvalue weighted by Crippen LogP contribution is 2.31. The Balaban J connectivity index is 2.29. The third-order valence-electron chi connectivity index (χ3n) is 5.19. The molecule has 0 radical (unpaired) electrons. The van der Waals surface area contributed by atoms with Gasteiger partial charge >= 0.3 is 6.09 Å². The minimum atomic E-state index is -0.719. The maximum atomic E-state index is 12.9. The van der Waals surface area contributed by atoms with Crippen molar-refractivity contribution in [2.24, 2.45) is 12.2 Å². The number of carbonyl (C=O) groups excluding carboxylic acids is 1. The van der Waals surface area contributed by atoms with Crippen LogP contribution in [-0.4, -0.2) is 34.3 Å². The number of fused-ring (bicyclic) bond motifs is 1. The van der Waals surface area contributed by atoms with E-state index in [1.807, 2.05) is 24.3 Å². The minimum Gasteiger partial charge on any atom is -0.351 e. The largest absolute Gasteiger partial charge is 0.433 e. The summed E-state index contributed by atoms with van der Waals surface area (Å²) in [4.78, 5) is 36.3. The predicted octanol–water partition coefficient (Wildman–Crippen LogP) is 2.26. The van der Waals surface area contributed by atoms with E-state index in [9.17, 15) is 9.59 Å². The van der Waals surface area contributed by atoms with E-state index in [4.69, 9.17) is 4.84 Å². The van der Waals surface area contributed by atoms with Crippen molar-refractivity contribution < 1.29 is 9.63 Å². The first kappa shape index (κ1) is 19.9. The zero-order valence-electron chi connectivity index (χ0n) is 16.8. The number of anilines is 1. The molecule has 0 aliphatic carbocycles. The van der Waals surface area contributed by atoms with Crippen molar-refractivity contribution in [2.75, 3.05) is 11.4 Å². The van der Waals surface area contributed by atoms with E-state index in [1.165, 1.54) is 4.57 Å². The second-order valence-corrected chi connectivity index (χ2v) is 7.18. The molecule has 1 amide bonds. The lowest BCUT2D eigenvalue weighted by atomic mass is 9.97. The number of amides is 1. The molecule has 1 fully saturated rings. The van der Waals surface area contributed by atoms with E-state index in [0.29, 0.717) is 12.4 Å². The molecular weight excluding hydrogens is 358 g/mol. The second-order valence-electron chi connectivity index (χ2n) is 7.18. The Morgan fingerprint density at radius 3 is 2.64 bits per heavy atom. The molecule has 1 aliphatic rings. The molecular formula is C20H27N5O3. The Kier molecular flexibility index (Phi) is 5.96. The van der Waals surface area contributed by atoms with Crippen molar-refractivity contribution in [1.82, 2.24) is 14.9 Å². The number of aromatic nitrogens is 2. The monoisotopic (exact) mass is 385 g/mol. The van der Waals surface area contributed by atoms with Crippen molar-refractivity contribution in [3.63, 3.8) is 0 Å². The number of hydrogen-bond donors (Lipinski definition) is 1. The number of hydrogen-bond acceptors (Lipinski definition) is 6. The summed E-state index contributed by atoms with van der Waals surface area (Å²) >= 11 is 0. The van der Waals surface area contributed by atoms with Crippen LogP contribution in [0.1, 0.15) is 40.0 Å². The number of carbonyl (C=O) groups is 1. The lowest BCUT2D eigenvalue weighted by Gasteiger charge is -2.40. The molecule has 150 valence electrons. The van der Waals surface area contributed by atoms with Gasteiger partial charge in [0.05, 0.1) is 5.52 Å². The van der Waals surface area contributed by atoms with Crippen molar-refractivity contribution in [2.45, 2.75) is 52.1 Å². The third kappa shape index (κ3) is 3.85. The molecule has 0 bridgehead atoms. The standard InChI is InChI=1S/C20H27N5O3/c1-5-21-20(27)28-23-17-19(26)24(4)16-12-7-6-11-15(16)18(22-17)25-13(2)9-8-10-14(25)3/h6-7,11-14H,5,8-10H2,1-4H3,(H,21,27). The Morgan fingerprint density at radius 1 is 1.29 bits per heavy atom. The molecule has 2 heterocycles. The maximum absolute atomic E-state index is 12.9. The molecule has 2 aromatic rings. The van der Waals surface area contributed by atoms with Crippen LogP contribution in [0.3, 0.4) is 0 Å². The van der Waals surface area contributed by atoms with E-state index >= 15 is 0 Å². The molecule has 1 N–H and O–H groups in total. The highest BCUT2D eigenvalue weighted by Gasteiger charge is 2.27. The van der Waals surface area contributed by atoms with Crippen LogP contribution in [0.5, 0.6) is 0 Å². The summed E-state index contributed by atoms with van der Waals surface area (Å²) in [5.41, 5.74) is 0.174. The molecule has 28 heavy (non-hydrogen) atoms. The van der Waals surface area contributed by atoms with Gasteiger partial charge in [-0.25, -0.2) is 9.78 Å². The Morgan fingerprint density at radius 2 is 1.96 bits per heavy atom. The predicted molar refractivity (Wildman–Crippen MR) is 108 cm³/mol. The van der Waals surface area contributed by atoms with Crippen LogP contribution in [0.2, 0.25) is 0 Å². The zero-order valence-corrected chi connectivity index (χ0v) is 16.8. The van der Waals surface area contributed by atoms with Crippen LogP contribution in [-0.2, 0) is 11.9 Å². The first-order chi connectivity index (χ1) is 13.4. The number of piperidine rings is 1. The molecule has 1 aliphatic heterocycles. The first-order valence-electron chi connectivity index (χ1n) is 9.71. The molecule has 2 atom stereocenters. The third-order valence-corrected chi connectivity index (χ3v) is 5.19. The summed E-state index contributed by atoms with van der Waals surface area (Å²) < 4.78 is 1.49. The molecule has 8 nitrogen and oxygen atoms in total. The first-order valence-corrected chi connectivity index (χ1v) is 9.71. The van der Waals surface area contributed by atoms with E-state index in [-0.39, 0.29) is 17.6 Å². The number of benzene rings is 1. The topological polar surface area (TPSA) is 88.8 Å². The highest BCUT2D eigenvalue weighted by atomic mass is 16.7. The number of para-hydroxylation sites is 1. The van der Waals surface area contributed by atoms with Crippen LogP contribution in [0.15, 0.2) is 34.2 Å². The van der Waals surface area contributed by atoms with Gasteiger partial charge in [0.1, 0.15) is 5.82 Å². The minimum absolute atomic E-state index is 0.148. The van der Waals surface area contributed by atoms with Crippen LogP contribution < -0.4 is 21.3 Å². The van der Waals surface area contributed by atoms with Gasteiger partial charge in [-0.3, -0.25) is 9.63 Å². The van der Waals surface area contributed by atoms with Gasteiger partial charge in [0.15, 0.2) is 0 Å². The van der Waals surface area contributed by atoms with Gasteiger partial charge in [-0.15, -0.1) is 0 Å². The van der Waals surface area contributed by atoms with Crippen LogP contribution in [0.4, 0.5) is 10.6 Å². The average molecular weight is 385 g/mol. The van der Waals surface area contributed by atoms with Gasteiger partial charge in [-0.1, -0.05) is 12.1 Å². The normalized spacial score (nSPS) is 20.3. The van der Waals surface area contributed by atoms with Gasteiger partial charge in [0.25, 0.3) is 11.0 Å². The van der Waals surface area contributed by atoms with E-state index in [2.05, 4.69) is 34.2 Å². The molecule has 8 heteroatoms. The van der Waals surface area contributed by atoms with Crippen LogP contribution >= 0.6 is 0 Å². The number of aryl methyl sites for hydroxylation is 1. The number of rotatable bonds is 3. The van der Waals surface area contributed by atoms with E-state index in [1.54, 1.807) is 14.0 Å². The highest BCUT2D eigenvalue weighted by molar-refractivity contribution is 5.89. The maximum Gasteiger partial charge on any atom is 0.433 e. The Labute approximate surface area is 163 Å². The summed E-state index contributed by atoms with van der Waals surface area (Å²) in [5.74, 6) is 0.686. The summed E-state index contributed by atoms with van der Waals surface area (Å²) in [6, 6.07) is 8.21. The average Bonchev–Trinajstić information content (AvgIpc) is 2.77. The second kappa shape index (κ2) is 8.41. The summed E-state index contributed by atoms with van der Waals surface area (Å²) in [6.07, 6.45) is 2.55. The van der Waals surface area contributed by atoms with Crippen LogP contribution in [0.25, 0.3) is 10.9 Å².